The molecule has 0 aliphatic carbocycles. The predicted octanol–water partition coefficient (Wildman–Crippen LogP) is 2.88. The Bertz CT molecular complexity index is 416. The van der Waals surface area contributed by atoms with Crippen molar-refractivity contribution in [3.8, 4) is 0 Å². The third-order valence-electron chi connectivity index (χ3n) is 3.37. The maximum atomic E-state index is 12.2. The molecule has 0 aromatic heterocycles. The molecule has 2 N–H and O–H groups in total. The SMILES string of the molecule is CCNCc1cccc(NC(=O)C2CCSCC2)c1. The Balaban J connectivity index is 1.92. The number of anilines is 1. The fourth-order valence-electron chi connectivity index (χ4n) is 2.23. The van der Waals surface area contributed by atoms with Crippen LogP contribution in [0.25, 0.3) is 0 Å². The van der Waals surface area contributed by atoms with E-state index in [1.165, 1.54) is 5.56 Å². The van der Waals surface area contributed by atoms with Crippen LogP contribution in [0.15, 0.2) is 24.3 Å². The van der Waals surface area contributed by atoms with Crippen LogP contribution in [0, 0.1) is 5.92 Å². The minimum absolute atomic E-state index is 0.181. The zero-order valence-corrected chi connectivity index (χ0v) is 12.3. The molecule has 0 spiro atoms. The molecule has 1 aliphatic heterocycles. The molecular formula is C15H22N2OS. The highest BCUT2D eigenvalue weighted by atomic mass is 32.2. The van der Waals surface area contributed by atoms with Crippen molar-refractivity contribution in [1.29, 1.82) is 0 Å². The van der Waals surface area contributed by atoms with Gasteiger partial charge in [0.2, 0.25) is 5.91 Å². The fourth-order valence-corrected chi connectivity index (χ4v) is 3.34. The van der Waals surface area contributed by atoms with E-state index in [-0.39, 0.29) is 11.8 Å². The van der Waals surface area contributed by atoms with Gasteiger partial charge in [-0.05, 0) is 48.6 Å². The maximum absolute atomic E-state index is 12.2. The molecule has 1 aromatic carbocycles. The lowest BCUT2D eigenvalue weighted by atomic mass is 10.0. The number of carbonyl (C=O) groups is 1. The van der Waals surface area contributed by atoms with Gasteiger partial charge in [-0.3, -0.25) is 4.79 Å². The van der Waals surface area contributed by atoms with Gasteiger partial charge < -0.3 is 10.6 Å². The second-order valence-corrected chi connectivity index (χ2v) is 6.08. The first kappa shape index (κ1) is 14.4. The number of nitrogens with one attached hydrogen (secondary N) is 2. The lowest BCUT2D eigenvalue weighted by molar-refractivity contribution is -0.120. The van der Waals surface area contributed by atoms with Gasteiger partial charge in [-0.25, -0.2) is 0 Å². The van der Waals surface area contributed by atoms with E-state index < -0.39 is 0 Å². The molecule has 19 heavy (non-hydrogen) atoms. The second kappa shape index (κ2) is 7.56. The predicted molar refractivity (Wildman–Crippen MR) is 82.5 cm³/mol. The number of rotatable bonds is 5. The van der Waals surface area contributed by atoms with E-state index in [0.29, 0.717) is 0 Å². The van der Waals surface area contributed by atoms with Crippen LogP contribution in [0.3, 0.4) is 0 Å². The van der Waals surface area contributed by atoms with Crippen LogP contribution in [0.2, 0.25) is 0 Å². The van der Waals surface area contributed by atoms with Gasteiger partial charge in [-0.2, -0.15) is 11.8 Å². The molecule has 0 unspecified atom stereocenters. The molecule has 3 nitrogen and oxygen atoms in total. The van der Waals surface area contributed by atoms with Crippen molar-refractivity contribution in [1.82, 2.24) is 5.32 Å². The molecular weight excluding hydrogens is 256 g/mol. The highest BCUT2D eigenvalue weighted by Gasteiger charge is 2.21. The molecule has 0 radical (unpaired) electrons. The highest BCUT2D eigenvalue weighted by Crippen LogP contribution is 2.24. The molecule has 1 aliphatic rings. The van der Waals surface area contributed by atoms with Gasteiger partial charge in [-0.1, -0.05) is 19.1 Å². The molecule has 0 saturated carbocycles. The summed E-state index contributed by atoms with van der Waals surface area (Å²) in [6, 6.07) is 8.09. The van der Waals surface area contributed by atoms with Crippen molar-refractivity contribution in [2.24, 2.45) is 5.92 Å². The molecule has 1 amide bonds. The average molecular weight is 278 g/mol. The molecule has 1 aromatic rings. The normalized spacial score (nSPS) is 16.3. The molecule has 0 atom stereocenters. The van der Waals surface area contributed by atoms with Crippen molar-refractivity contribution in [2.45, 2.75) is 26.3 Å². The van der Waals surface area contributed by atoms with Crippen LogP contribution in [0.4, 0.5) is 5.69 Å². The summed E-state index contributed by atoms with van der Waals surface area (Å²) in [6.45, 7) is 3.89. The summed E-state index contributed by atoms with van der Waals surface area (Å²) in [5.74, 6) is 2.59. The van der Waals surface area contributed by atoms with E-state index in [9.17, 15) is 4.79 Å². The van der Waals surface area contributed by atoms with E-state index >= 15 is 0 Å². The molecule has 1 saturated heterocycles. The summed E-state index contributed by atoms with van der Waals surface area (Å²) in [4.78, 5) is 12.2. The zero-order chi connectivity index (χ0) is 13.5. The Morgan fingerprint density at radius 3 is 2.89 bits per heavy atom. The second-order valence-electron chi connectivity index (χ2n) is 4.86. The third kappa shape index (κ3) is 4.55. The summed E-state index contributed by atoms with van der Waals surface area (Å²) in [5.41, 5.74) is 2.12. The van der Waals surface area contributed by atoms with E-state index in [4.69, 9.17) is 0 Å². The standard InChI is InChI=1S/C15H22N2OS/c1-2-16-11-12-4-3-5-14(10-12)17-15(18)13-6-8-19-9-7-13/h3-5,10,13,16H,2,6-9,11H2,1H3,(H,17,18). The van der Waals surface area contributed by atoms with Gasteiger partial charge in [0.15, 0.2) is 0 Å². The molecule has 4 heteroatoms. The molecule has 1 fully saturated rings. The number of hydrogen-bond acceptors (Lipinski definition) is 3. The van der Waals surface area contributed by atoms with Gasteiger partial charge in [0.25, 0.3) is 0 Å². The minimum Gasteiger partial charge on any atom is -0.326 e. The Hall–Kier alpha value is -1.00. The van der Waals surface area contributed by atoms with Crippen molar-refractivity contribution in [2.75, 3.05) is 23.4 Å². The number of amides is 1. The van der Waals surface area contributed by atoms with E-state index in [1.807, 2.05) is 23.9 Å². The summed E-state index contributed by atoms with van der Waals surface area (Å²) in [7, 11) is 0. The van der Waals surface area contributed by atoms with Crippen LogP contribution in [0.5, 0.6) is 0 Å². The molecule has 0 bridgehead atoms. The van der Waals surface area contributed by atoms with E-state index in [1.54, 1.807) is 0 Å². The quantitative estimate of drug-likeness (QED) is 0.870. The van der Waals surface area contributed by atoms with Gasteiger partial charge in [0.05, 0.1) is 0 Å². The topological polar surface area (TPSA) is 41.1 Å². The Kier molecular flexibility index (Phi) is 5.73. The zero-order valence-electron chi connectivity index (χ0n) is 11.4. The van der Waals surface area contributed by atoms with Crippen molar-refractivity contribution < 1.29 is 4.79 Å². The fraction of sp³-hybridized carbons (Fsp3) is 0.533. The Morgan fingerprint density at radius 2 is 2.16 bits per heavy atom. The van der Waals surface area contributed by atoms with Crippen LogP contribution in [0.1, 0.15) is 25.3 Å². The first-order valence-corrected chi connectivity index (χ1v) is 8.13. The first-order valence-electron chi connectivity index (χ1n) is 6.98. The van der Waals surface area contributed by atoms with E-state index in [0.717, 1.165) is 43.1 Å². The number of carbonyl (C=O) groups excluding carboxylic acids is 1. The summed E-state index contributed by atoms with van der Waals surface area (Å²) < 4.78 is 0. The summed E-state index contributed by atoms with van der Waals surface area (Å²) in [6.07, 6.45) is 2.02. The number of benzene rings is 1. The van der Waals surface area contributed by atoms with Gasteiger partial charge in [0.1, 0.15) is 0 Å². The van der Waals surface area contributed by atoms with Gasteiger partial charge in [0, 0.05) is 18.2 Å². The smallest absolute Gasteiger partial charge is 0.227 e. The van der Waals surface area contributed by atoms with Crippen molar-refractivity contribution >= 4 is 23.4 Å². The van der Waals surface area contributed by atoms with Crippen molar-refractivity contribution in [3.63, 3.8) is 0 Å². The van der Waals surface area contributed by atoms with Gasteiger partial charge >= 0.3 is 0 Å². The monoisotopic (exact) mass is 278 g/mol. The Morgan fingerprint density at radius 1 is 1.37 bits per heavy atom. The molecule has 2 rings (SSSR count). The molecule has 104 valence electrons. The summed E-state index contributed by atoms with van der Waals surface area (Å²) in [5, 5.41) is 6.35. The first-order chi connectivity index (χ1) is 9.29. The summed E-state index contributed by atoms with van der Waals surface area (Å²) >= 11 is 1.95. The van der Waals surface area contributed by atoms with Crippen LogP contribution in [-0.2, 0) is 11.3 Å². The van der Waals surface area contributed by atoms with Crippen LogP contribution < -0.4 is 10.6 Å². The number of hydrogen-bond donors (Lipinski definition) is 2. The van der Waals surface area contributed by atoms with Gasteiger partial charge in [-0.15, -0.1) is 0 Å². The molecule has 1 heterocycles. The van der Waals surface area contributed by atoms with Crippen LogP contribution in [-0.4, -0.2) is 24.0 Å². The maximum Gasteiger partial charge on any atom is 0.227 e. The number of thioether (sulfide) groups is 1. The minimum atomic E-state index is 0.181. The highest BCUT2D eigenvalue weighted by molar-refractivity contribution is 7.99. The Labute approximate surface area is 119 Å². The van der Waals surface area contributed by atoms with Crippen LogP contribution >= 0.6 is 11.8 Å². The van der Waals surface area contributed by atoms with E-state index in [2.05, 4.69) is 29.7 Å². The largest absolute Gasteiger partial charge is 0.326 e. The average Bonchev–Trinajstić information content (AvgIpc) is 2.46. The van der Waals surface area contributed by atoms with Crippen molar-refractivity contribution in [3.05, 3.63) is 29.8 Å². The third-order valence-corrected chi connectivity index (χ3v) is 4.41. The lowest BCUT2D eigenvalue weighted by Gasteiger charge is -2.20. The lowest BCUT2D eigenvalue weighted by Crippen LogP contribution is -2.26.